The standard InChI is InChI=1S/C18H20N6/c1-12-10-13(6-7-16(12)22-19-2)15-8-9-24-17(15)11-20-18(23-24)21-14-4-3-5-14/h6-11,14H,3-5H2,1-2H3,(H,21,23). The SMILES string of the molecule is CN=Nc1ccc(-c2ccn3nc(NC4CCC4)ncc23)cc1C. The molecule has 0 amide bonds. The van der Waals surface area contributed by atoms with Crippen molar-refractivity contribution in [3.8, 4) is 11.1 Å². The summed E-state index contributed by atoms with van der Waals surface area (Å²) >= 11 is 0. The van der Waals surface area contributed by atoms with Crippen molar-refractivity contribution >= 4 is 17.2 Å². The van der Waals surface area contributed by atoms with Gasteiger partial charge in [-0.2, -0.15) is 10.2 Å². The number of hydrogen-bond acceptors (Lipinski definition) is 5. The third-order valence-electron chi connectivity index (χ3n) is 4.57. The lowest BCUT2D eigenvalue weighted by molar-refractivity contribution is 0.442. The van der Waals surface area contributed by atoms with E-state index in [9.17, 15) is 0 Å². The first-order chi connectivity index (χ1) is 11.7. The zero-order valence-corrected chi connectivity index (χ0v) is 13.9. The molecule has 1 aromatic carbocycles. The molecule has 0 saturated heterocycles. The monoisotopic (exact) mass is 320 g/mol. The molecular weight excluding hydrogens is 300 g/mol. The van der Waals surface area contributed by atoms with Gasteiger partial charge in [-0.1, -0.05) is 6.07 Å². The molecule has 2 heterocycles. The fourth-order valence-electron chi connectivity index (χ4n) is 2.99. The summed E-state index contributed by atoms with van der Waals surface area (Å²) in [7, 11) is 1.68. The summed E-state index contributed by atoms with van der Waals surface area (Å²) in [5, 5.41) is 15.9. The van der Waals surface area contributed by atoms with Crippen LogP contribution in [0.3, 0.4) is 0 Å². The summed E-state index contributed by atoms with van der Waals surface area (Å²) in [6.07, 6.45) is 7.57. The first-order valence-corrected chi connectivity index (χ1v) is 8.26. The molecule has 6 heteroatoms. The predicted molar refractivity (Wildman–Crippen MR) is 94.9 cm³/mol. The van der Waals surface area contributed by atoms with E-state index in [4.69, 9.17) is 0 Å². The Kier molecular flexibility index (Phi) is 3.72. The third kappa shape index (κ3) is 2.64. The summed E-state index contributed by atoms with van der Waals surface area (Å²) in [6, 6.07) is 8.79. The molecule has 0 spiro atoms. The maximum absolute atomic E-state index is 4.57. The van der Waals surface area contributed by atoms with E-state index in [1.54, 1.807) is 7.05 Å². The first kappa shape index (κ1) is 14.8. The second kappa shape index (κ2) is 6.03. The molecule has 1 N–H and O–H groups in total. The van der Waals surface area contributed by atoms with Crippen molar-refractivity contribution in [3.05, 3.63) is 42.2 Å². The van der Waals surface area contributed by atoms with Crippen LogP contribution < -0.4 is 5.32 Å². The molecular formula is C18H20N6. The zero-order chi connectivity index (χ0) is 16.5. The molecule has 1 aliphatic carbocycles. The van der Waals surface area contributed by atoms with Crippen LogP contribution in [0.2, 0.25) is 0 Å². The minimum absolute atomic E-state index is 0.528. The van der Waals surface area contributed by atoms with Gasteiger partial charge in [-0.3, -0.25) is 0 Å². The summed E-state index contributed by atoms with van der Waals surface area (Å²) in [5.74, 6) is 0.698. The summed E-state index contributed by atoms with van der Waals surface area (Å²) in [6.45, 7) is 2.04. The molecule has 122 valence electrons. The van der Waals surface area contributed by atoms with Crippen LogP contribution in [0, 0.1) is 6.92 Å². The quantitative estimate of drug-likeness (QED) is 0.725. The van der Waals surface area contributed by atoms with Crippen molar-refractivity contribution in [2.45, 2.75) is 32.2 Å². The highest BCUT2D eigenvalue weighted by atomic mass is 15.3. The maximum Gasteiger partial charge on any atom is 0.241 e. The Morgan fingerprint density at radius 1 is 1.25 bits per heavy atom. The van der Waals surface area contributed by atoms with Gasteiger partial charge in [0.15, 0.2) is 0 Å². The summed E-state index contributed by atoms with van der Waals surface area (Å²) in [4.78, 5) is 4.48. The number of fused-ring (bicyclic) bond motifs is 1. The van der Waals surface area contributed by atoms with Crippen molar-refractivity contribution in [1.82, 2.24) is 14.6 Å². The van der Waals surface area contributed by atoms with Gasteiger partial charge in [0.25, 0.3) is 0 Å². The molecule has 2 aromatic heterocycles. The number of nitrogens with zero attached hydrogens (tertiary/aromatic N) is 5. The van der Waals surface area contributed by atoms with Gasteiger partial charge in [-0.15, -0.1) is 5.10 Å². The fraction of sp³-hybridized carbons (Fsp3) is 0.333. The van der Waals surface area contributed by atoms with Crippen LogP contribution in [-0.4, -0.2) is 27.7 Å². The Hall–Kier alpha value is -2.76. The van der Waals surface area contributed by atoms with E-state index >= 15 is 0 Å². The zero-order valence-electron chi connectivity index (χ0n) is 13.9. The van der Waals surface area contributed by atoms with Gasteiger partial charge < -0.3 is 5.32 Å². The molecule has 0 unspecified atom stereocenters. The van der Waals surface area contributed by atoms with Crippen molar-refractivity contribution < 1.29 is 0 Å². The van der Waals surface area contributed by atoms with E-state index in [1.165, 1.54) is 19.3 Å². The average molecular weight is 320 g/mol. The predicted octanol–water partition coefficient (Wildman–Crippen LogP) is 4.38. The highest BCUT2D eigenvalue weighted by molar-refractivity contribution is 5.81. The first-order valence-electron chi connectivity index (χ1n) is 8.26. The van der Waals surface area contributed by atoms with Crippen LogP contribution in [0.4, 0.5) is 11.6 Å². The number of azo groups is 1. The molecule has 1 saturated carbocycles. The minimum atomic E-state index is 0.528. The highest BCUT2D eigenvalue weighted by Crippen LogP contribution is 2.30. The second-order valence-corrected chi connectivity index (χ2v) is 6.21. The van der Waals surface area contributed by atoms with Gasteiger partial charge in [0.05, 0.1) is 17.4 Å². The lowest BCUT2D eigenvalue weighted by atomic mass is 9.93. The molecule has 0 radical (unpaired) electrons. The summed E-state index contributed by atoms with van der Waals surface area (Å²) in [5.41, 5.74) is 5.25. The Morgan fingerprint density at radius 3 is 2.83 bits per heavy atom. The van der Waals surface area contributed by atoms with Gasteiger partial charge in [0, 0.05) is 24.8 Å². The molecule has 6 nitrogen and oxygen atoms in total. The smallest absolute Gasteiger partial charge is 0.241 e. The van der Waals surface area contributed by atoms with Gasteiger partial charge in [0.2, 0.25) is 5.95 Å². The Balaban J connectivity index is 1.68. The van der Waals surface area contributed by atoms with Crippen LogP contribution in [0.1, 0.15) is 24.8 Å². The van der Waals surface area contributed by atoms with Crippen molar-refractivity contribution in [3.63, 3.8) is 0 Å². The number of hydrogen-bond donors (Lipinski definition) is 1. The Bertz CT molecular complexity index is 907. The van der Waals surface area contributed by atoms with Crippen molar-refractivity contribution in [1.29, 1.82) is 0 Å². The van der Waals surface area contributed by atoms with E-state index in [0.29, 0.717) is 12.0 Å². The highest BCUT2D eigenvalue weighted by Gasteiger charge is 2.18. The van der Waals surface area contributed by atoms with E-state index < -0.39 is 0 Å². The largest absolute Gasteiger partial charge is 0.350 e. The fourth-order valence-corrected chi connectivity index (χ4v) is 2.99. The molecule has 0 bridgehead atoms. The molecule has 3 aromatic rings. The van der Waals surface area contributed by atoms with Gasteiger partial charge in [-0.05, 0) is 55.5 Å². The Morgan fingerprint density at radius 2 is 2.12 bits per heavy atom. The van der Waals surface area contributed by atoms with E-state index in [2.05, 4.69) is 43.8 Å². The van der Waals surface area contributed by atoms with Crippen LogP contribution in [0.25, 0.3) is 16.6 Å². The molecule has 24 heavy (non-hydrogen) atoms. The van der Waals surface area contributed by atoms with Gasteiger partial charge in [0.1, 0.15) is 0 Å². The van der Waals surface area contributed by atoms with Crippen LogP contribution >= 0.6 is 0 Å². The number of rotatable bonds is 4. The minimum Gasteiger partial charge on any atom is -0.350 e. The Labute approximate surface area is 140 Å². The lowest BCUT2D eigenvalue weighted by Gasteiger charge is -2.26. The van der Waals surface area contributed by atoms with Gasteiger partial charge >= 0.3 is 0 Å². The van der Waals surface area contributed by atoms with E-state index in [1.807, 2.05) is 29.9 Å². The second-order valence-electron chi connectivity index (χ2n) is 6.21. The van der Waals surface area contributed by atoms with Crippen LogP contribution in [-0.2, 0) is 0 Å². The topological polar surface area (TPSA) is 66.9 Å². The number of aromatic nitrogens is 3. The van der Waals surface area contributed by atoms with E-state index in [-0.39, 0.29) is 0 Å². The normalized spacial score (nSPS) is 15.1. The van der Waals surface area contributed by atoms with Crippen molar-refractivity contribution in [2.24, 2.45) is 10.2 Å². The number of anilines is 1. The third-order valence-corrected chi connectivity index (χ3v) is 4.57. The molecule has 1 fully saturated rings. The molecule has 1 aliphatic rings. The lowest BCUT2D eigenvalue weighted by Crippen LogP contribution is -2.28. The van der Waals surface area contributed by atoms with Crippen LogP contribution in [0.15, 0.2) is 46.9 Å². The molecule has 0 aliphatic heterocycles. The average Bonchev–Trinajstić information content (AvgIpc) is 2.96. The number of aryl methyl sites for hydroxylation is 1. The van der Waals surface area contributed by atoms with Crippen molar-refractivity contribution in [2.75, 3.05) is 12.4 Å². The molecule has 0 atom stereocenters. The number of nitrogens with one attached hydrogen (secondary N) is 1. The van der Waals surface area contributed by atoms with Crippen LogP contribution in [0.5, 0.6) is 0 Å². The molecule has 4 rings (SSSR count). The number of benzene rings is 1. The summed E-state index contributed by atoms with van der Waals surface area (Å²) < 4.78 is 1.89. The van der Waals surface area contributed by atoms with E-state index in [0.717, 1.165) is 27.9 Å². The van der Waals surface area contributed by atoms with Gasteiger partial charge in [-0.25, -0.2) is 9.50 Å². The maximum atomic E-state index is 4.57.